The van der Waals surface area contributed by atoms with Crippen molar-refractivity contribution >= 4 is 0 Å². The molecule has 0 aromatic carbocycles. The van der Waals surface area contributed by atoms with Gasteiger partial charge in [-0.25, -0.2) is 4.98 Å². The smallest absolute Gasteiger partial charge is 0.140 e. The van der Waals surface area contributed by atoms with Crippen LogP contribution in [0.4, 0.5) is 0 Å². The molecule has 84 valence electrons. The number of ether oxygens (including phenoxy) is 1. The molecule has 1 fully saturated rings. The fraction of sp³-hybridized carbons (Fsp3) is 0.500. The van der Waals surface area contributed by atoms with Crippen LogP contribution in [0, 0.1) is 11.3 Å². The number of nitrogens with zero attached hydrogens (tertiary/aromatic N) is 2. The van der Waals surface area contributed by atoms with E-state index in [0.29, 0.717) is 17.8 Å². The number of nitrogens with one attached hydrogen (secondary N) is 1. The molecule has 1 aliphatic rings. The molecule has 0 bridgehead atoms. The van der Waals surface area contributed by atoms with Gasteiger partial charge in [-0.3, -0.25) is 0 Å². The summed E-state index contributed by atoms with van der Waals surface area (Å²) in [5.74, 6) is 0. The van der Waals surface area contributed by atoms with Crippen molar-refractivity contribution in [1.82, 2.24) is 10.3 Å². The molecule has 1 heterocycles. The molecule has 0 amide bonds. The fourth-order valence-corrected chi connectivity index (χ4v) is 1.83. The molecule has 1 aliphatic carbocycles. The van der Waals surface area contributed by atoms with E-state index in [1.165, 1.54) is 0 Å². The van der Waals surface area contributed by atoms with Crippen LogP contribution in [0.15, 0.2) is 18.3 Å². The second-order valence-corrected chi connectivity index (χ2v) is 4.07. The first-order valence-corrected chi connectivity index (χ1v) is 5.43. The first-order valence-electron chi connectivity index (χ1n) is 5.43. The lowest BCUT2D eigenvalue weighted by atomic mass is 9.89. The van der Waals surface area contributed by atoms with Crippen LogP contribution in [0.1, 0.15) is 24.1 Å². The van der Waals surface area contributed by atoms with Gasteiger partial charge < -0.3 is 10.1 Å². The minimum absolute atomic E-state index is 0.421. The highest BCUT2D eigenvalue weighted by Crippen LogP contribution is 2.22. The second kappa shape index (κ2) is 5.06. The van der Waals surface area contributed by atoms with E-state index >= 15 is 0 Å². The second-order valence-electron chi connectivity index (χ2n) is 4.07. The van der Waals surface area contributed by atoms with Crippen molar-refractivity contribution in [2.75, 3.05) is 7.11 Å². The third-order valence-electron chi connectivity index (χ3n) is 2.96. The molecule has 1 aromatic heterocycles. The molecule has 0 saturated heterocycles. The Morgan fingerprint density at radius 1 is 1.62 bits per heavy atom. The molecule has 1 saturated carbocycles. The fourth-order valence-electron chi connectivity index (χ4n) is 1.83. The molecule has 0 spiro atoms. The third kappa shape index (κ3) is 2.57. The molecular weight excluding hydrogens is 202 g/mol. The Labute approximate surface area is 95.3 Å². The Bertz CT molecular complexity index is 393. The van der Waals surface area contributed by atoms with E-state index in [-0.39, 0.29) is 0 Å². The summed E-state index contributed by atoms with van der Waals surface area (Å²) >= 11 is 0. The van der Waals surface area contributed by atoms with E-state index in [9.17, 15) is 0 Å². The highest BCUT2D eigenvalue weighted by molar-refractivity contribution is 5.25. The van der Waals surface area contributed by atoms with Gasteiger partial charge in [0.2, 0.25) is 0 Å². The van der Waals surface area contributed by atoms with Crippen molar-refractivity contribution in [3.8, 4) is 6.07 Å². The Hall–Kier alpha value is -1.44. The van der Waals surface area contributed by atoms with E-state index in [0.717, 1.165) is 24.9 Å². The average molecular weight is 217 g/mol. The summed E-state index contributed by atoms with van der Waals surface area (Å²) in [5.41, 5.74) is 1.58. The van der Waals surface area contributed by atoms with Crippen molar-refractivity contribution < 1.29 is 4.74 Å². The summed E-state index contributed by atoms with van der Waals surface area (Å²) in [6.07, 6.45) is 4.25. The lowest BCUT2D eigenvalue weighted by Gasteiger charge is -2.34. The molecule has 0 atom stereocenters. The van der Waals surface area contributed by atoms with Gasteiger partial charge in [-0.05, 0) is 30.5 Å². The van der Waals surface area contributed by atoms with Crippen LogP contribution >= 0.6 is 0 Å². The highest BCUT2D eigenvalue weighted by atomic mass is 16.5. The number of hydrogen-bond donors (Lipinski definition) is 1. The van der Waals surface area contributed by atoms with Crippen LogP contribution in [-0.2, 0) is 11.3 Å². The summed E-state index contributed by atoms with van der Waals surface area (Å²) in [6.45, 7) is 0.790. The zero-order chi connectivity index (χ0) is 11.4. The monoisotopic (exact) mass is 217 g/mol. The standard InChI is InChI=1S/C12H15N3O/c1-16-12-5-10(6-12)15-8-9-2-3-14-11(4-9)7-13/h2-4,10,12,15H,5-6,8H2,1H3. The number of methoxy groups -OCH3 is 1. The van der Waals surface area contributed by atoms with Gasteiger partial charge in [-0.15, -0.1) is 0 Å². The normalized spacial score (nSPS) is 23.5. The van der Waals surface area contributed by atoms with Crippen molar-refractivity contribution in [2.24, 2.45) is 0 Å². The molecule has 0 radical (unpaired) electrons. The minimum atomic E-state index is 0.421. The average Bonchev–Trinajstić information content (AvgIpc) is 2.28. The maximum atomic E-state index is 8.71. The predicted octanol–water partition coefficient (Wildman–Crippen LogP) is 1.22. The van der Waals surface area contributed by atoms with Crippen LogP contribution in [0.5, 0.6) is 0 Å². The third-order valence-corrected chi connectivity index (χ3v) is 2.96. The summed E-state index contributed by atoms with van der Waals surface area (Å²) in [4.78, 5) is 3.94. The number of aromatic nitrogens is 1. The zero-order valence-corrected chi connectivity index (χ0v) is 9.31. The van der Waals surface area contributed by atoms with Crippen LogP contribution < -0.4 is 5.32 Å². The first-order chi connectivity index (χ1) is 7.81. The Kier molecular flexibility index (Phi) is 3.50. The summed E-state index contributed by atoms with van der Waals surface area (Å²) in [7, 11) is 1.75. The number of rotatable bonds is 4. The van der Waals surface area contributed by atoms with Gasteiger partial charge in [0.1, 0.15) is 11.8 Å². The van der Waals surface area contributed by atoms with Gasteiger partial charge in [0.25, 0.3) is 0 Å². The van der Waals surface area contributed by atoms with Gasteiger partial charge in [0.15, 0.2) is 0 Å². The molecule has 0 aliphatic heterocycles. The van der Waals surface area contributed by atoms with Gasteiger partial charge >= 0.3 is 0 Å². The molecule has 16 heavy (non-hydrogen) atoms. The van der Waals surface area contributed by atoms with E-state index in [1.54, 1.807) is 13.3 Å². The van der Waals surface area contributed by atoms with Crippen molar-refractivity contribution in [2.45, 2.75) is 31.5 Å². The highest BCUT2D eigenvalue weighted by Gasteiger charge is 2.28. The van der Waals surface area contributed by atoms with Crippen LogP contribution in [-0.4, -0.2) is 24.2 Å². The van der Waals surface area contributed by atoms with Crippen LogP contribution in [0.2, 0.25) is 0 Å². The summed E-state index contributed by atoms with van der Waals surface area (Å²) in [5, 5.41) is 12.1. The SMILES string of the molecule is COC1CC(NCc2ccnc(C#N)c2)C1. The lowest BCUT2D eigenvalue weighted by molar-refractivity contribution is 0.0170. The largest absolute Gasteiger partial charge is 0.381 e. The Morgan fingerprint density at radius 2 is 2.44 bits per heavy atom. The van der Waals surface area contributed by atoms with Gasteiger partial charge in [-0.2, -0.15) is 5.26 Å². The summed E-state index contributed by atoms with van der Waals surface area (Å²) in [6, 6.07) is 6.34. The predicted molar refractivity (Wildman–Crippen MR) is 59.6 cm³/mol. The minimum Gasteiger partial charge on any atom is -0.381 e. The first kappa shape index (κ1) is 11.1. The van der Waals surface area contributed by atoms with E-state index in [4.69, 9.17) is 10.00 Å². The van der Waals surface area contributed by atoms with E-state index < -0.39 is 0 Å². The molecule has 4 heteroatoms. The van der Waals surface area contributed by atoms with Crippen LogP contribution in [0.3, 0.4) is 0 Å². The van der Waals surface area contributed by atoms with Gasteiger partial charge in [-0.1, -0.05) is 0 Å². The molecule has 1 N–H and O–H groups in total. The maximum Gasteiger partial charge on any atom is 0.140 e. The molecule has 4 nitrogen and oxygen atoms in total. The van der Waals surface area contributed by atoms with E-state index in [1.807, 2.05) is 18.2 Å². The number of hydrogen-bond acceptors (Lipinski definition) is 4. The van der Waals surface area contributed by atoms with Crippen molar-refractivity contribution in [3.63, 3.8) is 0 Å². The molecule has 1 aromatic rings. The quantitative estimate of drug-likeness (QED) is 0.823. The number of nitriles is 1. The van der Waals surface area contributed by atoms with Gasteiger partial charge in [0, 0.05) is 25.9 Å². The molecule has 0 unspecified atom stereocenters. The van der Waals surface area contributed by atoms with Crippen LogP contribution in [0.25, 0.3) is 0 Å². The summed E-state index contributed by atoms with van der Waals surface area (Å²) < 4.78 is 5.21. The molecular formula is C12H15N3O. The Balaban J connectivity index is 1.80. The maximum absolute atomic E-state index is 8.71. The van der Waals surface area contributed by atoms with Gasteiger partial charge in [0.05, 0.1) is 6.10 Å². The number of pyridine rings is 1. The zero-order valence-electron chi connectivity index (χ0n) is 9.31. The Morgan fingerprint density at radius 3 is 3.12 bits per heavy atom. The topological polar surface area (TPSA) is 57.9 Å². The molecule has 2 rings (SSSR count). The van der Waals surface area contributed by atoms with Crippen molar-refractivity contribution in [3.05, 3.63) is 29.6 Å². The van der Waals surface area contributed by atoms with Crippen molar-refractivity contribution in [1.29, 1.82) is 5.26 Å². The lowest BCUT2D eigenvalue weighted by Crippen LogP contribution is -2.44. The van der Waals surface area contributed by atoms with E-state index in [2.05, 4.69) is 10.3 Å².